The van der Waals surface area contributed by atoms with Gasteiger partial charge in [0.15, 0.2) is 12.4 Å². The van der Waals surface area contributed by atoms with Gasteiger partial charge in [-0.25, -0.2) is 4.79 Å². The molecule has 1 aliphatic rings. The first kappa shape index (κ1) is 11.5. The molecule has 0 aliphatic carbocycles. The van der Waals surface area contributed by atoms with E-state index in [1.165, 1.54) is 0 Å². The molecular weight excluding hydrogens is 184 g/mol. The molecule has 0 N–H and O–H groups in total. The molecule has 0 aromatic heterocycles. The van der Waals surface area contributed by atoms with Gasteiger partial charge in [-0.05, 0) is 19.8 Å². The molecule has 1 fully saturated rings. The number of ether oxygens (including phenoxy) is 3. The maximum absolute atomic E-state index is 11.3. The monoisotopic (exact) mass is 202 g/mol. The summed E-state index contributed by atoms with van der Waals surface area (Å²) in [6, 6.07) is 0. The van der Waals surface area contributed by atoms with Crippen LogP contribution in [0.2, 0.25) is 0 Å². The lowest BCUT2D eigenvalue weighted by molar-refractivity contribution is -0.172. The summed E-state index contributed by atoms with van der Waals surface area (Å²) in [6.45, 7) is 4.91. The first-order valence-electron chi connectivity index (χ1n) is 5.21. The summed E-state index contributed by atoms with van der Waals surface area (Å²) in [7, 11) is 0. The van der Waals surface area contributed by atoms with E-state index in [1.807, 2.05) is 6.92 Å². The van der Waals surface area contributed by atoms with Crippen LogP contribution in [-0.4, -0.2) is 31.6 Å². The second-order valence-corrected chi connectivity index (χ2v) is 3.25. The summed E-state index contributed by atoms with van der Waals surface area (Å²) in [5.74, 6) is -0.268. The zero-order valence-electron chi connectivity index (χ0n) is 8.82. The lowest BCUT2D eigenvalue weighted by Gasteiger charge is -2.12. The molecule has 1 unspecified atom stereocenters. The van der Waals surface area contributed by atoms with Crippen LogP contribution in [0.1, 0.15) is 33.1 Å². The van der Waals surface area contributed by atoms with Gasteiger partial charge in [-0.3, -0.25) is 0 Å². The molecule has 0 bridgehead atoms. The maximum Gasteiger partial charge on any atom is 0.335 e. The first-order valence-corrected chi connectivity index (χ1v) is 5.21. The number of carbonyl (C=O) groups excluding carboxylic acids is 1. The normalized spacial score (nSPS) is 26.4. The van der Waals surface area contributed by atoms with Gasteiger partial charge in [0.05, 0.1) is 6.61 Å². The molecule has 14 heavy (non-hydrogen) atoms. The topological polar surface area (TPSA) is 44.8 Å². The quantitative estimate of drug-likeness (QED) is 0.633. The van der Waals surface area contributed by atoms with E-state index in [0.29, 0.717) is 19.6 Å². The van der Waals surface area contributed by atoms with Gasteiger partial charge in [-0.2, -0.15) is 0 Å². The van der Waals surface area contributed by atoms with Gasteiger partial charge >= 0.3 is 5.97 Å². The number of carbonyl (C=O) groups is 1. The Bertz CT molecular complexity index is 181. The zero-order chi connectivity index (χ0) is 10.4. The van der Waals surface area contributed by atoms with Crippen molar-refractivity contribution in [3.05, 3.63) is 0 Å². The van der Waals surface area contributed by atoms with Gasteiger partial charge in [0.25, 0.3) is 0 Å². The highest BCUT2D eigenvalue weighted by molar-refractivity contribution is 5.74. The number of hydrogen-bond acceptors (Lipinski definition) is 4. The van der Waals surface area contributed by atoms with E-state index in [9.17, 15) is 4.79 Å². The Labute approximate surface area is 84.5 Å². The number of rotatable bonds is 5. The van der Waals surface area contributed by atoms with Crippen LogP contribution in [0.3, 0.4) is 0 Å². The molecule has 0 radical (unpaired) electrons. The van der Waals surface area contributed by atoms with Crippen molar-refractivity contribution in [1.82, 2.24) is 0 Å². The van der Waals surface area contributed by atoms with Crippen molar-refractivity contribution < 1.29 is 19.0 Å². The van der Waals surface area contributed by atoms with Gasteiger partial charge in [-0.15, -0.1) is 0 Å². The molecule has 4 nitrogen and oxygen atoms in total. The molecule has 1 rings (SSSR count). The minimum Gasteiger partial charge on any atom is -0.464 e. The van der Waals surface area contributed by atoms with Crippen LogP contribution >= 0.6 is 0 Å². The van der Waals surface area contributed by atoms with E-state index in [1.54, 1.807) is 6.92 Å². The minimum absolute atomic E-state index is 0.218. The zero-order valence-corrected chi connectivity index (χ0v) is 8.82. The molecule has 0 spiro atoms. The Morgan fingerprint density at radius 3 is 2.86 bits per heavy atom. The van der Waals surface area contributed by atoms with Crippen molar-refractivity contribution in [3.8, 4) is 0 Å². The van der Waals surface area contributed by atoms with Crippen LogP contribution in [0.25, 0.3) is 0 Å². The summed E-state index contributed by atoms with van der Waals surface area (Å²) in [4.78, 5) is 11.3. The lowest BCUT2D eigenvalue weighted by Crippen LogP contribution is -2.24. The molecule has 1 aliphatic heterocycles. The van der Waals surface area contributed by atoms with Crippen molar-refractivity contribution in [2.75, 3.05) is 13.2 Å². The van der Waals surface area contributed by atoms with E-state index in [2.05, 4.69) is 0 Å². The van der Waals surface area contributed by atoms with Crippen molar-refractivity contribution in [1.29, 1.82) is 0 Å². The maximum atomic E-state index is 11.3. The van der Waals surface area contributed by atoms with Crippen LogP contribution in [-0.2, 0) is 19.0 Å². The Hall–Kier alpha value is -0.610. The summed E-state index contributed by atoms with van der Waals surface area (Å²) in [5.41, 5.74) is 0. The Morgan fingerprint density at radius 1 is 1.43 bits per heavy atom. The molecule has 0 aromatic carbocycles. The van der Waals surface area contributed by atoms with E-state index >= 15 is 0 Å². The second-order valence-electron chi connectivity index (χ2n) is 3.25. The van der Waals surface area contributed by atoms with Crippen molar-refractivity contribution in [3.63, 3.8) is 0 Å². The van der Waals surface area contributed by atoms with Gasteiger partial charge in [-0.1, -0.05) is 6.92 Å². The third-order valence-electron chi connectivity index (χ3n) is 2.04. The van der Waals surface area contributed by atoms with E-state index in [0.717, 1.165) is 12.8 Å². The number of hydrogen-bond donors (Lipinski definition) is 0. The van der Waals surface area contributed by atoms with Gasteiger partial charge in [0.2, 0.25) is 0 Å². The van der Waals surface area contributed by atoms with Gasteiger partial charge in [0.1, 0.15) is 0 Å². The van der Waals surface area contributed by atoms with E-state index < -0.39 is 6.10 Å². The predicted octanol–water partition coefficient (Wildman–Crippen LogP) is 1.48. The SMILES string of the molecule is CCCO[C@@H]1CCC(C(=O)OCC)O1. The highest BCUT2D eigenvalue weighted by atomic mass is 16.7. The third-order valence-corrected chi connectivity index (χ3v) is 2.04. The largest absolute Gasteiger partial charge is 0.464 e. The third kappa shape index (κ3) is 3.27. The van der Waals surface area contributed by atoms with Crippen molar-refractivity contribution >= 4 is 5.97 Å². The van der Waals surface area contributed by atoms with Crippen molar-refractivity contribution in [2.45, 2.75) is 45.5 Å². The van der Waals surface area contributed by atoms with Crippen LogP contribution in [0, 0.1) is 0 Å². The molecule has 4 heteroatoms. The summed E-state index contributed by atoms with van der Waals surface area (Å²) >= 11 is 0. The smallest absolute Gasteiger partial charge is 0.335 e. The van der Waals surface area contributed by atoms with Crippen LogP contribution in [0.4, 0.5) is 0 Å². The fourth-order valence-corrected chi connectivity index (χ4v) is 1.39. The molecule has 2 atom stereocenters. The summed E-state index contributed by atoms with van der Waals surface area (Å²) in [6.07, 6.45) is 1.81. The summed E-state index contributed by atoms with van der Waals surface area (Å²) in [5, 5.41) is 0. The first-order chi connectivity index (χ1) is 6.77. The molecule has 0 amide bonds. The molecule has 1 saturated heterocycles. The van der Waals surface area contributed by atoms with E-state index in [4.69, 9.17) is 14.2 Å². The minimum atomic E-state index is -0.420. The fourth-order valence-electron chi connectivity index (χ4n) is 1.39. The highest BCUT2D eigenvalue weighted by Gasteiger charge is 2.31. The average Bonchev–Trinajstić information content (AvgIpc) is 2.63. The Balaban J connectivity index is 2.22. The van der Waals surface area contributed by atoms with Crippen LogP contribution in [0.15, 0.2) is 0 Å². The fraction of sp³-hybridized carbons (Fsp3) is 0.900. The van der Waals surface area contributed by atoms with E-state index in [-0.39, 0.29) is 12.3 Å². The molecule has 0 saturated carbocycles. The van der Waals surface area contributed by atoms with Crippen molar-refractivity contribution in [2.24, 2.45) is 0 Å². The van der Waals surface area contributed by atoms with Crippen LogP contribution in [0.5, 0.6) is 0 Å². The number of esters is 1. The van der Waals surface area contributed by atoms with Gasteiger partial charge < -0.3 is 14.2 Å². The standard InChI is InChI=1S/C10H18O4/c1-3-7-13-9-6-5-8(14-9)10(11)12-4-2/h8-9H,3-7H2,1-2H3/t8?,9-/m0/s1. The van der Waals surface area contributed by atoms with Crippen LogP contribution < -0.4 is 0 Å². The molecule has 1 heterocycles. The average molecular weight is 202 g/mol. The molecular formula is C10H18O4. The highest BCUT2D eigenvalue weighted by Crippen LogP contribution is 2.21. The lowest BCUT2D eigenvalue weighted by atomic mass is 10.2. The Kier molecular flexibility index (Phi) is 4.90. The molecule has 82 valence electrons. The summed E-state index contributed by atoms with van der Waals surface area (Å²) < 4.78 is 15.6. The second kappa shape index (κ2) is 5.98. The molecule has 0 aromatic rings. The predicted molar refractivity (Wildman–Crippen MR) is 50.8 cm³/mol. The Morgan fingerprint density at radius 2 is 2.21 bits per heavy atom. The van der Waals surface area contributed by atoms with Gasteiger partial charge in [0, 0.05) is 13.0 Å².